The van der Waals surface area contributed by atoms with Crippen molar-refractivity contribution < 1.29 is 19.1 Å². The van der Waals surface area contributed by atoms with Gasteiger partial charge >= 0.3 is 5.97 Å². The quantitative estimate of drug-likeness (QED) is 0.513. The van der Waals surface area contributed by atoms with Crippen LogP contribution in [0.5, 0.6) is 0 Å². The fraction of sp³-hybridized carbons (Fsp3) is 0.818. The summed E-state index contributed by atoms with van der Waals surface area (Å²) < 4.78 is 9.92. The molecule has 0 spiro atoms. The number of unbranched alkanes of at least 4 members (excludes halogenated alkanes) is 1. The van der Waals surface area contributed by atoms with Gasteiger partial charge in [0.2, 0.25) is 0 Å². The van der Waals surface area contributed by atoms with Gasteiger partial charge in [-0.05, 0) is 33.1 Å². The number of hydrogen-bond donors (Lipinski definition) is 0. The lowest BCUT2D eigenvalue weighted by Crippen LogP contribution is -2.57. The molecule has 0 aromatic carbocycles. The van der Waals surface area contributed by atoms with Crippen molar-refractivity contribution in [2.45, 2.75) is 51.2 Å². The first-order valence-corrected chi connectivity index (χ1v) is 5.26. The maximum absolute atomic E-state index is 11.5. The van der Waals surface area contributed by atoms with Gasteiger partial charge in [-0.25, -0.2) is 0 Å². The first-order chi connectivity index (χ1) is 6.97. The Morgan fingerprint density at radius 2 is 2.13 bits per heavy atom. The van der Waals surface area contributed by atoms with E-state index in [4.69, 9.17) is 4.74 Å². The average molecular weight is 214 g/mol. The predicted octanol–water partition coefficient (Wildman–Crippen LogP) is 1.47. The number of esters is 1. The summed E-state index contributed by atoms with van der Waals surface area (Å²) in [4.78, 5) is 22.2. The molecular formula is C11H18O4. The van der Waals surface area contributed by atoms with E-state index in [0.717, 1.165) is 12.8 Å². The highest BCUT2D eigenvalue weighted by molar-refractivity contribution is 5.95. The Labute approximate surface area is 89.9 Å². The first kappa shape index (κ1) is 12.2. The van der Waals surface area contributed by atoms with Crippen LogP contribution in [0.1, 0.15) is 39.5 Å². The molecule has 0 aliphatic carbocycles. The van der Waals surface area contributed by atoms with Crippen molar-refractivity contribution in [3.8, 4) is 0 Å². The van der Waals surface area contributed by atoms with E-state index < -0.39 is 5.60 Å². The van der Waals surface area contributed by atoms with Crippen LogP contribution < -0.4 is 0 Å². The minimum Gasteiger partial charge on any atom is -0.469 e. The van der Waals surface area contributed by atoms with Crippen molar-refractivity contribution in [2.75, 3.05) is 7.11 Å². The lowest BCUT2D eigenvalue weighted by Gasteiger charge is -2.40. The van der Waals surface area contributed by atoms with E-state index in [-0.39, 0.29) is 17.9 Å². The van der Waals surface area contributed by atoms with E-state index >= 15 is 0 Å². The van der Waals surface area contributed by atoms with Gasteiger partial charge < -0.3 is 9.47 Å². The van der Waals surface area contributed by atoms with Crippen molar-refractivity contribution in [1.29, 1.82) is 0 Å². The zero-order chi connectivity index (χ0) is 11.5. The van der Waals surface area contributed by atoms with Crippen molar-refractivity contribution in [1.82, 2.24) is 0 Å². The average Bonchev–Trinajstić information content (AvgIpc) is 2.21. The number of carbonyl (C=O) groups is 2. The largest absolute Gasteiger partial charge is 0.469 e. The molecule has 0 bridgehead atoms. The van der Waals surface area contributed by atoms with Gasteiger partial charge in [-0.3, -0.25) is 9.59 Å². The van der Waals surface area contributed by atoms with Crippen LogP contribution in [0.15, 0.2) is 0 Å². The summed E-state index contributed by atoms with van der Waals surface area (Å²) in [6, 6.07) is 0. The zero-order valence-electron chi connectivity index (χ0n) is 9.54. The summed E-state index contributed by atoms with van der Waals surface area (Å²) in [6.07, 6.45) is 2.44. The molecule has 86 valence electrons. The third-order valence-corrected chi connectivity index (χ3v) is 2.65. The summed E-state index contributed by atoms with van der Waals surface area (Å²) in [5, 5.41) is 0. The Hall–Kier alpha value is -0.900. The zero-order valence-corrected chi connectivity index (χ0v) is 9.54. The second-order valence-corrected chi connectivity index (χ2v) is 4.30. The molecule has 0 saturated carbocycles. The van der Waals surface area contributed by atoms with Crippen molar-refractivity contribution in [2.24, 2.45) is 0 Å². The van der Waals surface area contributed by atoms with Crippen LogP contribution in [-0.2, 0) is 19.1 Å². The van der Waals surface area contributed by atoms with Crippen molar-refractivity contribution in [3.05, 3.63) is 0 Å². The van der Waals surface area contributed by atoms with Gasteiger partial charge in [0.1, 0.15) is 11.7 Å². The van der Waals surface area contributed by atoms with Gasteiger partial charge in [0, 0.05) is 6.42 Å². The predicted molar refractivity (Wildman–Crippen MR) is 54.4 cm³/mol. The molecule has 4 nitrogen and oxygen atoms in total. The molecule has 1 rings (SSSR count). The molecule has 0 amide bonds. The maximum Gasteiger partial charge on any atom is 0.305 e. The molecule has 4 heteroatoms. The highest BCUT2D eigenvalue weighted by atomic mass is 16.5. The van der Waals surface area contributed by atoms with Gasteiger partial charge in [0.15, 0.2) is 5.78 Å². The van der Waals surface area contributed by atoms with Crippen LogP contribution in [0, 0.1) is 0 Å². The molecular weight excluding hydrogens is 196 g/mol. The fourth-order valence-corrected chi connectivity index (χ4v) is 1.69. The molecule has 1 saturated heterocycles. The Balaban J connectivity index is 2.08. The number of Topliss-reactive ketones (excluding diaryl/α,β-unsaturated/α-hetero) is 1. The van der Waals surface area contributed by atoms with Crippen molar-refractivity contribution >= 4 is 11.8 Å². The maximum atomic E-state index is 11.5. The summed E-state index contributed by atoms with van der Waals surface area (Å²) in [5.41, 5.74) is -0.590. The highest BCUT2D eigenvalue weighted by Gasteiger charge is 2.46. The summed E-state index contributed by atoms with van der Waals surface area (Å²) in [7, 11) is 1.38. The number of rotatable bonds is 5. The summed E-state index contributed by atoms with van der Waals surface area (Å²) in [5.74, 6) is -0.0308. The van der Waals surface area contributed by atoms with Crippen LogP contribution in [0.4, 0.5) is 0 Å². The molecule has 15 heavy (non-hydrogen) atoms. The van der Waals surface area contributed by atoms with E-state index in [9.17, 15) is 9.59 Å². The highest BCUT2D eigenvalue weighted by Crippen LogP contribution is 2.30. The SMILES string of the molecule is COC(=O)CCCCC1OC(C)(C)C1=O. The van der Waals surface area contributed by atoms with E-state index in [1.807, 2.05) is 0 Å². The van der Waals surface area contributed by atoms with Crippen LogP contribution in [0.2, 0.25) is 0 Å². The molecule has 1 aliphatic rings. The van der Waals surface area contributed by atoms with E-state index in [2.05, 4.69) is 4.74 Å². The minimum absolute atomic E-state index is 0.167. The second-order valence-electron chi connectivity index (χ2n) is 4.30. The molecule has 1 fully saturated rings. The number of hydrogen-bond acceptors (Lipinski definition) is 4. The number of carbonyl (C=O) groups excluding carboxylic acids is 2. The Morgan fingerprint density at radius 1 is 1.47 bits per heavy atom. The molecule has 1 unspecified atom stereocenters. The fourth-order valence-electron chi connectivity index (χ4n) is 1.69. The molecule has 0 N–H and O–H groups in total. The standard InChI is InChI=1S/C11H18O4/c1-11(2)10(13)8(15-11)6-4-5-7-9(12)14-3/h8H,4-7H2,1-3H3. The molecule has 1 heterocycles. The van der Waals surface area contributed by atoms with Gasteiger partial charge in [-0.2, -0.15) is 0 Å². The van der Waals surface area contributed by atoms with Gasteiger partial charge in [0.05, 0.1) is 7.11 Å². The molecule has 1 atom stereocenters. The third-order valence-electron chi connectivity index (χ3n) is 2.65. The second kappa shape index (κ2) is 4.75. The monoisotopic (exact) mass is 214 g/mol. The minimum atomic E-state index is -0.590. The first-order valence-electron chi connectivity index (χ1n) is 5.26. The number of ketones is 1. The van der Waals surface area contributed by atoms with Gasteiger partial charge in [-0.15, -0.1) is 0 Å². The van der Waals surface area contributed by atoms with Crippen LogP contribution in [0.25, 0.3) is 0 Å². The molecule has 1 aliphatic heterocycles. The third kappa shape index (κ3) is 3.02. The Kier molecular flexibility index (Phi) is 3.85. The summed E-state index contributed by atoms with van der Waals surface area (Å²) >= 11 is 0. The number of ether oxygens (including phenoxy) is 2. The van der Waals surface area contributed by atoms with Crippen LogP contribution >= 0.6 is 0 Å². The number of methoxy groups -OCH3 is 1. The Bertz CT molecular complexity index is 257. The summed E-state index contributed by atoms with van der Waals surface area (Å²) in [6.45, 7) is 3.56. The van der Waals surface area contributed by atoms with Crippen LogP contribution in [0.3, 0.4) is 0 Å². The van der Waals surface area contributed by atoms with E-state index in [1.54, 1.807) is 13.8 Å². The van der Waals surface area contributed by atoms with E-state index in [1.165, 1.54) is 7.11 Å². The molecule has 0 aromatic rings. The normalized spacial score (nSPS) is 23.4. The molecule has 0 radical (unpaired) electrons. The molecule has 0 aromatic heterocycles. The topological polar surface area (TPSA) is 52.6 Å². The lowest BCUT2D eigenvalue weighted by atomic mass is 9.88. The van der Waals surface area contributed by atoms with Gasteiger partial charge in [-0.1, -0.05) is 0 Å². The van der Waals surface area contributed by atoms with Gasteiger partial charge in [0.25, 0.3) is 0 Å². The smallest absolute Gasteiger partial charge is 0.305 e. The van der Waals surface area contributed by atoms with Crippen molar-refractivity contribution in [3.63, 3.8) is 0 Å². The van der Waals surface area contributed by atoms with Crippen LogP contribution in [-0.4, -0.2) is 30.6 Å². The lowest BCUT2D eigenvalue weighted by molar-refractivity contribution is -0.194. The van der Waals surface area contributed by atoms with E-state index in [0.29, 0.717) is 12.8 Å². The Morgan fingerprint density at radius 3 is 2.60 bits per heavy atom.